The number of hydrogen-bond acceptors (Lipinski definition) is 6. The minimum absolute atomic E-state index is 0.0275. The highest BCUT2D eigenvalue weighted by Crippen LogP contribution is 2.35. The summed E-state index contributed by atoms with van der Waals surface area (Å²) in [5.41, 5.74) is 1.06. The van der Waals surface area contributed by atoms with Gasteiger partial charge in [-0.1, -0.05) is 6.07 Å². The van der Waals surface area contributed by atoms with E-state index in [0.29, 0.717) is 63.7 Å². The molecule has 0 unspecified atom stereocenters. The first-order valence-corrected chi connectivity index (χ1v) is 12.8. The van der Waals surface area contributed by atoms with Crippen LogP contribution in [0.3, 0.4) is 0 Å². The second kappa shape index (κ2) is 11.3. The fraction of sp³-hybridized carbons (Fsp3) is 0.680. The number of nitrogens with zero attached hydrogens (tertiary/aromatic N) is 5. The van der Waals surface area contributed by atoms with Gasteiger partial charge in [0, 0.05) is 50.9 Å². The minimum atomic E-state index is -4.45. The molecule has 0 radical (unpaired) electrons. The Morgan fingerprint density at radius 3 is 2.65 bits per heavy atom. The Morgan fingerprint density at radius 2 is 1.97 bits per heavy atom. The van der Waals surface area contributed by atoms with E-state index < -0.39 is 17.9 Å². The van der Waals surface area contributed by atoms with Gasteiger partial charge in [0.05, 0.1) is 18.3 Å². The predicted octanol–water partition coefficient (Wildman–Crippen LogP) is 3.34. The highest BCUT2D eigenvalue weighted by atomic mass is 19.4. The summed E-state index contributed by atoms with van der Waals surface area (Å²) >= 11 is 0. The van der Waals surface area contributed by atoms with Crippen molar-refractivity contribution in [3.63, 3.8) is 0 Å². The fourth-order valence-electron chi connectivity index (χ4n) is 4.95. The van der Waals surface area contributed by atoms with Crippen LogP contribution in [0.2, 0.25) is 0 Å². The Bertz CT molecular complexity index is 1070. The maximum absolute atomic E-state index is 15.5. The van der Waals surface area contributed by atoms with Crippen molar-refractivity contribution in [1.82, 2.24) is 30.2 Å². The first-order chi connectivity index (χ1) is 17.5. The second-order valence-corrected chi connectivity index (χ2v) is 10.1. The largest absolute Gasteiger partial charge is 0.465 e. The molecule has 4 rings (SSSR count). The van der Waals surface area contributed by atoms with Crippen molar-refractivity contribution in [1.29, 1.82) is 0 Å². The molecule has 0 bridgehead atoms. The standard InChI is InChI=1S/C25H34F4N6O2/c1-17(25(27,28)29)37-23-4-3-18-7-12-35(13-8-21(18)32-23)14-11-24(26)9-5-19(6-10-24)31-22(36)15-20-16-30-34(2)33-20/h3-4,16-17,19H,5-15H2,1-2H3,(H,31,36)/t17-,19?,24?/m1/s1. The maximum Gasteiger partial charge on any atom is 0.425 e. The zero-order valence-electron chi connectivity index (χ0n) is 21.2. The molecule has 1 aliphatic heterocycles. The first-order valence-electron chi connectivity index (χ1n) is 12.8. The van der Waals surface area contributed by atoms with E-state index in [9.17, 15) is 18.0 Å². The third kappa shape index (κ3) is 7.62. The summed E-state index contributed by atoms with van der Waals surface area (Å²) in [5, 5.41) is 11.1. The fourth-order valence-corrected chi connectivity index (χ4v) is 4.95. The number of pyridine rings is 1. The molecule has 1 amide bonds. The summed E-state index contributed by atoms with van der Waals surface area (Å²) in [6.45, 7) is 2.96. The zero-order chi connectivity index (χ0) is 26.6. The van der Waals surface area contributed by atoms with Crippen molar-refractivity contribution in [3.05, 3.63) is 35.3 Å². The predicted molar refractivity (Wildman–Crippen MR) is 128 cm³/mol. The smallest absolute Gasteiger partial charge is 0.425 e. The molecule has 1 N–H and O–H groups in total. The van der Waals surface area contributed by atoms with E-state index in [1.807, 2.05) is 0 Å². The van der Waals surface area contributed by atoms with E-state index in [4.69, 9.17) is 4.74 Å². The van der Waals surface area contributed by atoms with Gasteiger partial charge in [-0.15, -0.1) is 0 Å². The molecule has 1 atom stereocenters. The van der Waals surface area contributed by atoms with Gasteiger partial charge >= 0.3 is 6.18 Å². The molecule has 8 nitrogen and oxygen atoms in total. The van der Waals surface area contributed by atoms with Crippen LogP contribution in [0.1, 0.15) is 56.0 Å². The van der Waals surface area contributed by atoms with Gasteiger partial charge in [0.2, 0.25) is 11.8 Å². The van der Waals surface area contributed by atoms with E-state index in [1.54, 1.807) is 19.3 Å². The van der Waals surface area contributed by atoms with E-state index in [1.165, 1.54) is 10.9 Å². The van der Waals surface area contributed by atoms with E-state index >= 15 is 4.39 Å². The molecule has 3 heterocycles. The lowest BCUT2D eigenvalue weighted by molar-refractivity contribution is -0.190. The number of hydrogen-bond donors (Lipinski definition) is 1. The van der Waals surface area contributed by atoms with Crippen LogP contribution >= 0.6 is 0 Å². The van der Waals surface area contributed by atoms with Gasteiger partial charge in [-0.25, -0.2) is 9.37 Å². The molecule has 0 aromatic carbocycles. The topological polar surface area (TPSA) is 85.2 Å². The van der Waals surface area contributed by atoms with Gasteiger partial charge in [-0.05, 0) is 51.0 Å². The number of aromatic nitrogens is 4. The SMILES string of the molecule is C[C@@H](Oc1ccc2c(n1)CCN(CCC1(F)CCC(NC(=O)Cc3cnn(C)n3)CC1)CC2)C(F)(F)F. The average Bonchev–Trinajstić information content (AvgIpc) is 3.13. The number of ether oxygens (including phenoxy) is 1. The summed E-state index contributed by atoms with van der Waals surface area (Å²) in [6, 6.07) is 3.22. The molecule has 1 fully saturated rings. The van der Waals surface area contributed by atoms with Crippen LogP contribution in [0.25, 0.3) is 0 Å². The first kappa shape index (κ1) is 27.3. The number of carbonyl (C=O) groups excluding carboxylic acids is 1. The van der Waals surface area contributed by atoms with Crippen molar-refractivity contribution in [2.75, 3.05) is 19.6 Å². The Hall–Kier alpha value is -2.76. The normalized spacial score (nSPS) is 23.7. The second-order valence-electron chi connectivity index (χ2n) is 10.1. The van der Waals surface area contributed by atoms with Crippen LogP contribution in [0.5, 0.6) is 5.88 Å². The van der Waals surface area contributed by atoms with Gasteiger partial charge < -0.3 is 15.0 Å². The molecule has 204 valence electrons. The number of halogens is 4. The van der Waals surface area contributed by atoms with Crippen molar-refractivity contribution in [2.45, 2.75) is 82.3 Å². The third-order valence-electron chi connectivity index (χ3n) is 7.28. The summed E-state index contributed by atoms with van der Waals surface area (Å²) in [5.74, 6) is -0.156. The lowest BCUT2D eigenvalue weighted by Gasteiger charge is -2.35. The number of rotatable bonds is 8. The minimum Gasteiger partial charge on any atom is -0.465 e. The van der Waals surface area contributed by atoms with Crippen molar-refractivity contribution < 1.29 is 27.1 Å². The third-order valence-corrected chi connectivity index (χ3v) is 7.28. The number of amides is 1. The molecule has 12 heteroatoms. The summed E-state index contributed by atoms with van der Waals surface area (Å²) < 4.78 is 58.9. The lowest BCUT2D eigenvalue weighted by atomic mass is 9.81. The molecule has 0 saturated heterocycles. The molecule has 2 aromatic rings. The van der Waals surface area contributed by atoms with Crippen molar-refractivity contribution in [2.24, 2.45) is 7.05 Å². The van der Waals surface area contributed by atoms with E-state index in [0.717, 1.165) is 24.7 Å². The average molecular weight is 527 g/mol. The highest BCUT2D eigenvalue weighted by Gasteiger charge is 2.38. The molecule has 37 heavy (non-hydrogen) atoms. The molecule has 2 aromatic heterocycles. The monoisotopic (exact) mass is 526 g/mol. The van der Waals surface area contributed by atoms with E-state index in [2.05, 4.69) is 25.4 Å². The van der Waals surface area contributed by atoms with Gasteiger partial charge in [-0.2, -0.15) is 28.2 Å². The van der Waals surface area contributed by atoms with Crippen LogP contribution in [-0.2, 0) is 31.1 Å². The number of nitrogens with one attached hydrogen (secondary N) is 1. The highest BCUT2D eigenvalue weighted by molar-refractivity contribution is 5.78. The summed E-state index contributed by atoms with van der Waals surface area (Å²) in [4.78, 5) is 20.2. The summed E-state index contributed by atoms with van der Waals surface area (Å²) in [7, 11) is 1.69. The van der Waals surface area contributed by atoms with Crippen LogP contribution in [0.15, 0.2) is 18.3 Å². The Morgan fingerprint density at radius 1 is 1.24 bits per heavy atom. The van der Waals surface area contributed by atoms with Crippen LogP contribution in [-0.4, -0.2) is 74.4 Å². The van der Waals surface area contributed by atoms with Crippen LogP contribution in [0.4, 0.5) is 17.6 Å². The quantitative estimate of drug-likeness (QED) is 0.532. The molecule has 1 saturated carbocycles. The molecule has 1 aliphatic carbocycles. The Labute approximate surface area is 213 Å². The van der Waals surface area contributed by atoms with Gasteiger partial charge in [0.1, 0.15) is 5.67 Å². The van der Waals surface area contributed by atoms with Gasteiger partial charge in [-0.3, -0.25) is 4.79 Å². The van der Waals surface area contributed by atoms with Crippen LogP contribution in [0, 0.1) is 0 Å². The van der Waals surface area contributed by atoms with Crippen LogP contribution < -0.4 is 10.1 Å². The maximum atomic E-state index is 15.5. The van der Waals surface area contributed by atoms with Gasteiger partial charge in [0.25, 0.3) is 0 Å². The van der Waals surface area contributed by atoms with Crippen molar-refractivity contribution in [3.8, 4) is 5.88 Å². The van der Waals surface area contributed by atoms with Crippen molar-refractivity contribution >= 4 is 5.91 Å². The number of aryl methyl sites for hydroxylation is 1. The molecule has 2 aliphatic rings. The molecular formula is C25H34F4N6O2. The Balaban J connectivity index is 1.21. The Kier molecular flexibility index (Phi) is 8.35. The molecule has 0 spiro atoms. The summed E-state index contributed by atoms with van der Waals surface area (Å²) in [6.07, 6.45) is -0.977. The number of fused-ring (bicyclic) bond motifs is 1. The van der Waals surface area contributed by atoms with E-state index in [-0.39, 0.29) is 24.2 Å². The number of alkyl halides is 4. The lowest BCUT2D eigenvalue weighted by Crippen LogP contribution is -2.43. The molecular weight excluding hydrogens is 492 g/mol. The number of carbonyl (C=O) groups is 1. The zero-order valence-corrected chi connectivity index (χ0v) is 21.2. The van der Waals surface area contributed by atoms with Gasteiger partial charge in [0.15, 0.2) is 6.10 Å².